The Balaban J connectivity index is 1.54. The molecule has 4 N–H and O–H groups in total. The molecule has 0 fully saturated rings. The second-order valence-corrected chi connectivity index (χ2v) is 7.86. The molecular weight excluding hydrogens is 386 g/mol. The topological polar surface area (TPSA) is 85.6 Å². The molecule has 26 heavy (non-hydrogen) atoms. The van der Waals surface area contributed by atoms with E-state index in [2.05, 4.69) is 25.0 Å². The van der Waals surface area contributed by atoms with Crippen LogP contribution >= 0.6 is 35.5 Å². The van der Waals surface area contributed by atoms with Gasteiger partial charge in [0, 0.05) is 4.90 Å². The van der Waals surface area contributed by atoms with Gasteiger partial charge in [-0.25, -0.2) is 9.78 Å². The van der Waals surface area contributed by atoms with E-state index in [0.717, 1.165) is 20.8 Å². The number of rotatable bonds is 4. The fourth-order valence-corrected chi connectivity index (χ4v) is 4.02. The summed E-state index contributed by atoms with van der Waals surface area (Å²) in [6.45, 7) is 0. The van der Waals surface area contributed by atoms with Crippen molar-refractivity contribution in [2.24, 2.45) is 0 Å². The van der Waals surface area contributed by atoms with E-state index in [1.807, 2.05) is 54.6 Å². The molecule has 0 spiro atoms. The summed E-state index contributed by atoms with van der Waals surface area (Å²) in [5.41, 5.74) is 1.79. The van der Waals surface area contributed by atoms with Gasteiger partial charge in [0.05, 0.1) is 11.0 Å². The van der Waals surface area contributed by atoms with Crippen LogP contribution in [0.2, 0.25) is 0 Å². The van der Waals surface area contributed by atoms with Crippen LogP contribution in [0.3, 0.4) is 0 Å². The number of imidazole rings is 1. The third kappa shape index (κ3) is 3.64. The second-order valence-electron chi connectivity index (χ2n) is 5.29. The number of carbonyl (C=O) groups excluding carboxylic acids is 1. The molecule has 2 amide bonds. The molecule has 0 saturated carbocycles. The fourth-order valence-electron chi connectivity index (χ4n) is 2.38. The number of thiazole rings is 1. The first-order chi connectivity index (χ1) is 12.7. The van der Waals surface area contributed by atoms with Crippen LogP contribution in [0.25, 0.3) is 21.7 Å². The molecule has 0 radical (unpaired) electrons. The maximum absolute atomic E-state index is 12.2. The number of H-pyrrole nitrogens is 2. The van der Waals surface area contributed by atoms with Crippen LogP contribution in [0, 0.1) is 3.95 Å². The second kappa shape index (κ2) is 7.32. The average Bonchev–Trinajstić information content (AvgIpc) is 3.24. The average molecular weight is 400 g/mol. The van der Waals surface area contributed by atoms with Gasteiger partial charge in [0.25, 0.3) is 0 Å². The number of amides is 2. The Hall–Kier alpha value is -2.62. The van der Waals surface area contributed by atoms with Crippen molar-refractivity contribution in [1.29, 1.82) is 0 Å². The number of hydrogen-bond donors (Lipinski definition) is 4. The Morgan fingerprint density at radius 1 is 1.08 bits per heavy atom. The lowest BCUT2D eigenvalue weighted by Gasteiger charge is -2.06. The highest BCUT2D eigenvalue weighted by molar-refractivity contribution is 7.98. The predicted molar refractivity (Wildman–Crippen MR) is 109 cm³/mol. The van der Waals surface area contributed by atoms with Crippen molar-refractivity contribution in [3.63, 3.8) is 0 Å². The standard InChI is InChI=1S/C17H13N5OS3/c23-16(22-26-10-6-2-1-3-7-10)20-15-13(25-17(24)21-15)14-18-11-8-4-5-9-12(11)19-14/h1-9H,(H,18,19)(H,21,24)(H2,20,22,23). The van der Waals surface area contributed by atoms with Crippen LogP contribution in [-0.2, 0) is 0 Å². The number of nitrogens with zero attached hydrogens (tertiary/aromatic N) is 1. The first kappa shape index (κ1) is 16.8. The minimum absolute atomic E-state index is 0.347. The third-order valence-electron chi connectivity index (χ3n) is 3.50. The molecule has 4 rings (SSSR count). The number of aromatic amines is 2. The SMILES string of the molecule is O=C(NSc1ccccc1)Nc1[nH]c(=S)sc1-c1nc2ccccc2[nH]1. The number of para-hydroxylation sites is 2. The minimum atomic E-state index is -0.347. The summed E-state index contributed by atoms with van der Waals surface area (Å²) < 4.78 is 3.31. The number of urea groups is 1. The summed E-state index contributed by atoms with van der Waals surface area (Å²) in [4.78, 5) is 24.8. The number of benzene rings is 2. The van der Waals surface area contributed by atoms with Gasteiger partial charge in [-0.1, -0.05) is 41.7 Å². The molecule has 2 heterocycles. The number of anilines is 1. The van der Waals surface area contributed by atoms with Gasteiger partial charge in [0.1, 0.15) is 10.7 Å². The summed E-state index contributed by atoms with van der Waals surface area (Å²) in [5, 5.41) is 2.80. The van der Waals surface area contributed by atoms with Crippen LogP contribution in [0.1, 0.15) is 0 Å². The number of aromatic nitrogens is 3. The molecular formula is C17H13N5OS3. The van der Waals surface area contributed by atoms with Crippen molar-refractivity contribution in [3.8, 4) is 10.7 Å². The van der Waals surface area contributed by atoms with E-state index in [4.69, 9.17) is 12.2 Å². The zero-order valence-corrected chi connectivity index (χ0v) is 15.7. The highest BCUT2D eigenvalue weighted by Gasteiger charge is 2.15. The molecule has 2 aromatic carbocycles. The summed E-state index contributed by atoms with van der Waals surface area (Å²) in [5.74, 6) is 1.18. The van der Waals surface area contributed by atoms with Crippen molar-refractivity contribution in [3.05, 3.63) is 58.6 Å². The van der Waals surface area contributed by atoms with Crippen LogP contribution in [-0.4, -0.2) is 21.0 Å². The fraction of sp³-hybridized carbons (Fsp3) is 0. The molecule has 9 heteroatoms. The van der Waals surface area contributed by atoms with Crippen LogP contribution < -0.4 is 10.0 Å². The van der Waals surface area contributed by atoms with Gasteiger partial charge in [-0.15, -0.1) is 0 Å². The predicted octanol–water partition coefficient (Wildman–Crippen LogP) is 5.18. The lowest BCUT2D eigenvalue weighted by molar-refractivity contribution is 0.257. The van der Waals surface area contributed by atoms with Crippen molar-refractivity contribution in [1.82, 2.24) is 19.7 Å². The van der Waals surface area contributed by atoms with Gasteiger partial charge in [-0.05, 0) is 48.4 Å². The zero-order chi connectivity index (χ0) is 17.9. The van der Waals surface area contributed by atoms with E-state index >= 15 is 0 Å². The Morgan fingerprint density at radius 3 is 2.65 bits per heavy atom. The minimum Gasteiger partial charge on any atom is -0.337 e. The molecule has 4 aromatic rings. The highest BCUT2D eigenvalue weighted by Crippen LogP contribution is 2.31. The summed E-state index contributed by atoms with van der Waals surface area (Å²) >= 11 is 7.83. The van der Waals surface area contributed by atoms with Crippen molar-refractivity contribution in [2.45, 2.75) is 4.90 Å². The monoisotopic (exact) mass is 399 g/mol. The molecule has 6 nitrogen and oxygen atoms in total. The Bertz CT molecular complexity index is 1080. The Labute approximate surface area is 162 Å². The number of fused-ring (bicyclic) bond motifs is 1. The van der Waals surface area contributed by atoms with Gasteiger partial charge in [0.2, 0.25) is 0 Å². The van der Waals surface area contributed by atoms with Gasteiger partial charge < -0.3 is 9.97 Å². The molecule has 130 valence electrons. The van der Waals surface area contributed by atoms with Crippen molar-refractivity contribution in [2.75, 3.05) is 5.32 Å². The largest absolute Gasteiger partial charge is 0.337 e. The normalized spacial score (nSPS) is 10.8. The van der Waals surface area contributed by atoms with Crippen molar-refractivity contribution < 1.29 is 4.79 Å². The molecule has 0 saturated heterocycles. The summed E-state index contributed by atoms with van der Waals surface area (Å²) in [6, 6.07) is 17.0. The molecule has 0 aliphatic heterocycles. The van der Waals surface area contributed by atoms with E-state index in [9.17, 15) is 4.79 Å². The van der Waals surface area contributed by atoms with E-state index in [1.165, 1.54) is 23.3 Å². The molecule has 0 atom stereocenters. The van der Waals surface area contributed by atoms with E-state index < -0.39 is 0 Å². The highest BCUT2D eigenvalue weighted by atomic mass is 32.2. The van der Waals surface area contributed by atoms with E-state index in [1.54, 1.807) is 0 Å². The van der Waals surface area contributed by atoms with Gasteiger partial charge in [-0.3, -0.25) is 10.0 Å². The van der Waals surface area contributed by atoms with Gasteiger partial charge in [0.15, 0.2) is 9.78 Å². The molecule has 0 aliphatic carbocycles. The van der Waals surface area contributed by atoms with Crippen LogP contribution in [0.15, 0.2) is 59.5 Å². The smallest absolute Gasteiger partial charge is 0.330 e. The first-order valence-electron chi connectivity index (χ1n) is 7.66. The molecule has 2 aromatic heterocycles. The van der Waals surface area contributed by atoms with Crippen LogP contribution in [0.4, 0.5) is 10.6 Å². The first-order valence-corrected chi connectivity index (χ1v) is 9.70. The lowest BCUT2D eigenvalue weighted by Crippen LogP contribution is -2.23. The number of carbonyl (C=O) groups is 1. The summed E-state index contributed by atoms with van der Waals surface area (Å²) in [7, 11) is 0. The lowest BCUT2D eigenvalue weighted by atomic mass is 10.3. The van der Waals surface area contributed by atoms with Gasteiger partial charge in [-0.2, -0.15) is 0 Å². The van der Waals surface area contributed by atoms with Crippen molar-refractivity contribution >= 4 is 58.4 Å². The molecule has 0 bridgehead atoms. The molecule has 0 unspecified atom stereocenters. The Morgan fingerprint density at radius 2 is 1.85 bits per heavy atom. The molecule has 0 aliphatic rings. The summed E-state index contributed by atoms with van der Waals surface area (Å²) in [6.07, 6.45) is 0. The Kier molecular flexibility index (Phi) is 4.74. The zero-order valence-electron chi connectivity index (χ0n) is 13.3. The maximum atomic E-state index is 12.2. The quantitative estimate of drug-likeness (QED) is 0.281. The van der Waals surface area contributed by atoms with E-state index in [-0.39, 0.29) is 6.03 Å². The van der Waals surface area contributed by atoms with Gasteiger partial charge >= 0.3 is 6.03 Å². The number of hydrogen-bond acceptors (Lipinski definition) is 5. The third-order valence-corrected chi connectivity index (χ3v) is 5.53. The maximum Gasteiger partial charge on any atom is 0.330 e. The van der Waals surface area contributed by atoms with Crippen LogP contribution in [0.5, 0.6) is 0 Å². The van der Waals surface area contributed by atoms with E-state index in [0.29, 0.717) is 15.6 Å². The number of nitrogens with one attached hydrogen (secondary N) is 4.